The molecule has 0 spiro atoms. The van der Waals surface area contributed by atoms with Crippen LogP contribution < -0.4 is 14.9 Å². The third-order valence-electron chi connectivity index (χ3n) is 3.71. The van der Waals surface area contributed by atoms with Gasteiger partial charge < -0.3 is 14.6 Å². The minimum atomic E-state index is -0.426. The fraction of sp³-hybridized carbons (Fsp3) is 0.105. The third-order valence-corrected chi connectivity index (χ3v) is 3.71. The van der Waals surface area contributed by atoms with E-state index in [4.69, 9.17) is 9.47 Å². The lowest BCUT2D eigenvalue weighted by atomic mass is 10.2. The predicted octanol–water partition coefficient (Wildman–Crippen LogP) is 2.72. The first-order valence-corrected chi connectivity index (χ1v) is 7.76. The molecule has 0 aliphatic rings. The summed E-state index contributed by atoms with van der Waals surface area (Å²) in [5.74, 6) is -0.0390. The summed E-state index contributed by atoms with van der Waals surface area (Å²) in [6.07, 6.45) is 1.42. The number of rotatable bonds is 5. The number of aromatic hydroxyl groups is 1. The maximum atomic E-state index is 12.2. The quantitative estimate of drug-likeness (QED) is 0.545. The molecule has 1 amide bonds. The molecule has 0 fully saturated rings. The number of amides is 1. The van der Waals surface area contributed by atoms with Gasteiger partial charge in [0.25, 0.3) is 5.91 Å². The van der Waals surface area contributed by atoms with Gasteiger partial charge in [-0.25, -0.2) is 10.4 Å². The van der Waals surface area contributed by atoms with Crippen LogP contribution in [-0.4, -0.2) is 36.4 Å². The first-order chi connectivity index (χ1) is 12.6. The van der Waals surface area contributed by atoms with Crippen molar-refractivity contribution in [2.75, 3.05) is 14.2 Å². The van der Waals surface area contributed by atoms with Crippen LogP contribution in [0.2, 0.25) is 0 Å². The maximum absolute atomic E-state index is 12.2. The highest BCUT2D eigenvalue weighted by atomic mass is 16.5. The van der Waals surface area contributed by atoms with E-state index in [9.17, 15) is 9.90 Å². The van der Waals surface area contributed by atoms with Gasteiger partial charge in [0.2, 0.25) is 5.75 Å². The number of para-hydroxylation sites is 1. The first-order valence-electron chi connectivity index (χ1n) is 7.76. The van der Waals surface area contributed by atoms with Gasteiger partial charge in [0.1, 0.15) is 5.69 Å². The number of nitrogens with one attached hydrogen (secondary N) is 1. The minimum Gasteiger partial charge on any atom is -0.502 e. The van der Waals surface area contributed by atoms with E-state index >= 15 is 0 Å². The molecule has 26 heavy (non-hydrogen) atoms. The number of pyridine rings is 1. The van der Waals surface area contributed by atoms with Crippen molar-refractivity contribution in [1.82, 2.24) is 10.4 Å². The molecule has 7 heteroatoms. The van der Waals surface area contributed by atoms with Gasteiger partial charge in [-0.1, -0.05) is 24.3 Å². The van der Waals surface area contributed by atoms with E-state index in [0.29, 0.717) is 5.56 Å². The van der Waals surface area contributed by atoms with E-state index in [1.807, 2.05) is 30.3 Å². The lowest BCUT2D eigenvalue weighted by molar-refractivity contribution is 0.0950. The molecule has 0 radical (unpaired) electrons. The number of fused-ring (bicyclic) bond motifs is 1. The van der Waals surface area contributed by atoms with Gasteiger partial charge >= 0.3 is 0 Å². The average Bonchev–Trinajstić information content (AvgIpc) is 2.68. The Morgan fingerprint density at radius 3 is 2.50 bits per heavy atom. The average molecular weight is 351 g/mol. The second kappa shape index (κ2) is 7.52. The number of benzene rings is 2. The number of ether oxygens (including phenoxy) is 2. The molecule has 132 valence electrons. The van der Waals surface area contributed by atoms with Crippen LogP contribution >= 0.6 is 0 Å². The van der Waals surface area contributed by atoms with Gasteiger partial charge in [-0.15, -0.1) is 0 Å². The fourth-order valence-electron chi connectivity index (χ4n) is 2.40. The van der Waals surface area contributed by atoms with Crippen molar-refractivity contribution in [1.29, 1.82) is 0 Å². The number of carbonyl (C=O) groups is 1. The lowest BCUT2D eigenvalue weighted by Crippen LogP contribution is -2.18. The van der Waals surface area contributed by atoms with Crippen LogP contribution in [0, 0.1) is 0 Å². The molecule has 0 atom stereocenters. The predicted molar refractivity (Wildman–Crippen MR) is 98.0 cm³/mol. The summed E-state index contributed by atoms with van der Waals surface area (Å²) < 4.78 is 10.2. The molecule has 1 aromatic heterocycles. The van der Waals surface area contributed by atoms with E-state index in [0.717, 1.165) is 10.9 Å². The molecule has 0 aliphatic carbocycles. The van der Waals surface area contributed by atoms with Crippen LogP contribution in [0.4, 0.5) is 0 Å². The highest BCUT2D eigenvalue weighted by Crippen LogP contribution is 2.36. The number of phenolic OH excluding ortho intramolecular Hbond substituents is 1. The van der Waals surface area contributed by atoms with Gasteiger partial charge in [-0.05, 0) is 24.3 Å². The second-order valence-electron chi connectivity index (χ2n) is 5.36. The normalized spacial score (nSPS) is 10.8. The number of carbonyl (C=O) groups excluding carboxylic acids is 1. The summed E-state index contributed by atoms with van der Waals surface area (Å²) >= 11 is 0. The molecule has 0 unspecified atom stereocenters. The topological polar surface area (TPSA) is 93.0 Å². The molecular formula is C19H17N3O4. The molecular weight excluding hydrogens is 334 g/mol. The summed E-state index contributed by atoms with van der Waals surface area (Å²) in [4.78, 5) is 16.5. The standard InChI is InChI=1S/C19H17N3O4/c1-25-16-9-12(10-17(26-2)18(16)23)11-20-22-19(24)15-8-7-13-5-3-4-6-14(13)21-15/h3-11,23H,1-2H3,(H,22,24)/b20-11+. The Morgan fingerprint density at radius 2 is 1.81 bits per heavy atom. The first kappa shape index (κ1) is 17.2. The highest BCUT2D eigenvalue weighted by molar-refractivity contribution is 5.95. The van der Waals surface area contributed by atoms with Crippen LogP contribution in [0.3, 0.4) is 0 Å². The molecule has 0 saturated heterocycles. The van der Waals surface area contributed by atoms with Crippen molar-refractivity contribution < 1.29 is 19.4 Å². The molecule has 0 aliphatic heterocycles. The number of aromatic nitrogens is 1. The smallest absolute Gasteiger partial charge is 0.289 e. The molecule has 2 aromatic carbocycles. The summed E-state index contributed by atoms with van der Waals surface area (Å²) in [5, 5.41) is 14.8. The van der Waals surface area contributed by atoms with Crippen molar-refractivity contribution in [3.05, 3.63) is 59.8 Å². The van der Waals surface area contributed by atoms with Crippen molar-refractivity contribution in [2.45, 2.75) is 0 Å². The van der Waals surface area contributed by atoms with Crippen LogP contribution in [0.1, 0.15) is 16.1 Å². The van der Waals surface area contributed by atoms with Crippen molar-refractivity contribution in [2.24, 2.45) is 5.10 Å². The Kier molecular flexibility index (Phi) is 4.98. The zero-order valence-corrected chi connectivity index (χ0v) is 14.3. The lowest BCUT2D eigenvalue weighted by Gasteiger charge is -2.09. The number of nitrogens with zero attached hydrogens (tertiary/aromatic N) is 2. The van der Waals surface area contributed by atoms with Gasteiger partial charge in [-0.2, -0.15) is 5.10 Å². The molecule has 3 aromatic rings. The summed E-state index contributed by atoms with van der Waals surface area (Å²) in [7, 11) is 2.87. The molecule has 0 saturated carbocycles. The minimum absolute atomic E-state index is 0.100. The summed E-state index contributed by atoms with van der Waals surface area (Å²) in [5.41, 5.74) is 4.01. The Hall–Kier alpha value is -3.61. The fourth-order valence-corrected chi connectivity index (χ4v) is 2.40. The van der Waals surface area contributed by atoms with E-state index in [1.165, 1.54) is 20.4 Å². The van der Waals surface area contributed by atoms with Gasteiger partial charge in [0.05, 0.1) is 26.0 Å². The Morgan fingerprint density at radius 1 is 1.12 bits per heavy atom. The van der Waals surface area contributed by atoms with E-state index < -0.39 is 5.91 Å². The number of hydrogen-bond acceptors (Lipinski definition) is 6. The summed E-state index contributed by atoms with van der Waals surface area (Å²) in [6, 6.07) is 14.1. The highest BCUT2D eigenvalue weighted by Gasteiger charge is 2.11. The Bertz CT molecular complexity index is 960. The summed E-state index contributed by atoms with van der Waals surface area (Å²) in [6.45, 7) is 0. The van der Waals surface area contributed by atoms with E-state index in [-0.39, 0.29) is 22.9 Å². The number of phenols is 1. The van der Waals surface area contributed by atoms with E-state index in [1.54, 1.807) is 18.2 Å². The van der Waals surface area contributed by atoms with Crippen molar-refractivity contribution in [3.63, 3.8) is 0 Å². The maximum Gasteiger partial charge on any atom is 0.289 e. The zero-order chi connectivity index (χ0) is 18.5. The molecule has 7 nitrogen and oxygen atoms in total. The molecule has 2 N–H and O–H groups in total. The van der Waals surface area contributed by atoms with Crippen LogP contribution in [0.5, 0.6) is 17.2 Å². The van der Waals surface area contributed by atoms with Gasteiger partial charge in [-0.3, -0.25) is 4.79 Å². The Balaban J connectivity index is 1.76. The van der Waals surface area contributed by atoms with Crippen LogP contribution in [-0.2, 0) is 0 Å². The molecule has 3 rings (SSSR count). The molecule has 0 bridgehead atoms. The Labute approximate surface area is 149 Å². The SMILES string of the molecule is COc1cc(/C=N/NC(=O)c2ccc3ccccc3n2)cc(OC)c1O. The monoisotopic (exact) mass is 351 g/mol. The second-order valence-corrected chi connectivity index (χ2v) is 5.36. The number of methoxy groups -OCH3 is 2. The third kappa shape index (κ3) is 3.56. The van der Waals surface area contributed by atoms with Gasteiger partial charge in [0, 0.05) is 10.9 Å². The zero-order valence-electron chi connectivity index (χ0n) is 14.3. The van der Waals surface area contributed by atoms with Crippen molar-refractivity contribution in [3.8, 4) is 17.2 Å². The van der Waals surface area contributed by atoms with Crippen LogP contribution in [0.15, 0.2) is 53.6 Å². The number of hydrazone groups is 1. The molecule has 1 heterocycles. The number of hydrogen-bond donors (Lipinski definition) is 2. The van der Waals surface area contributed by atoms with E-state index in [2.05, 4.69) is 15.5 Å². The van der Waals surface area contributed by atoms with Crippen molar-refractivity contribution >= 4 is 23.0 Å². The van der Waals surface area contributed by atoms with Gasteiger partial charge in [0.15, 0.2) is 11.5 Å². The largest absolute Gasteiger partial charge is 0.502 e. The van der Waals surface area contributed by atoms with Crippen LogP contribution in [0.25, 0.3) is 10.9 Å².